The van der Waals surface area contributed by atoms with E-state index >= 15 is 0 Å². The van der Waals surface area contributed by atoms with Crippen LogP contribution in [0.2, 0.25) is 5.15 Å². The van der Waals surface area contributed by atoms with Gasteiger partial charge in [0.15, 0.2) is 5.03 Å². The summed E-state index contributed by atoms with van der Waals surface area (Å²) < 4.78 is 31.3. The minimum Gasteiger partial charge on any atom is -0.481 e. The molecule has 0 fully saturated rings. The number of hydrogen-bond acceptors (Lipinski definition) is 6. The second-order valence-corrected chi connectivity index (χ2v) is 5.75. The van der Waals surface area contributed by atoms with E-state index < -0.39 is 10.0 Å². The number of H-pyrrole nitrogens is 1. The van der Waals surface area contributed by atoms with Crippen LogP contribution in [0.15, 0.2) is 17.3 Å². The highest BCUT2D eigenvalue weighted by Gasteiger charge is 2.19. The lowest BCUT2D eigenvalue weighted by Crippen LogP contribution is -2.15. The molecular formula is C10H12ClN5O3S. The minimum atomic E-state index is -3.85. The van der Waals surface area contributed by atoms with Crippen molar-refractivity contribution < 1.29 is 13.2 Å². The Morgan fingerprint density at radius 2 is 2.20 bits per heavy atom. The van der Waals surface area contributed by atoms with E-state index in [1.165, 1.54) is 19.4 Å². The maximum Gasteiger partial charge on any atom is 0.281 e. The first-order valence-corrected chi connectivity index (χ1v) is 7.46. The molecule has 2 N–H and O–H groups in total. The van der Waals surface area contributed by atoms with Crippen molar-refractivity contribution in [2.45, 2.75) is 18.4 Å². The Morgan fingerprint density at radius 3 is 2.80 bits per heavy atom. The third kappa shape index (κ3) is 3.17. The monoisotopic (exact) mass is 317 g/mol. The SMILES string of the molecule is CCc1ncc(S(=O)(=O)Nc2nc(Cl)cc(OC)n2)[nH]1. The molecule has 8 nitrogen and oxygen atoms in total. The summed E-state index contributed by atoms with van der Waals surface area (Å²) in [7, 11) is -2.46. The van der Waals surface area contributed by atoms with Crippen LogP contribution in [0.3, 0.4) is 0 Å². The van der Waals surface area contributed by atoms with E-state index in [1.807, 2.05) is 6.92 Å². The zero-order valence-corrected chi connectivity index (χ0v) is 12.3. The number of methoxy groups -OCH3 is 1. The predicted octanol–water partition coefficient (Wildman–Crippen LogP) is 1.22. The maximum atomic E-state index is 12.1. The van der Waals surface area contributed by atoms with Gasteiger partial charge in [-0.1, -0.05) is 18.5 Å². The number of ether oxygens (including phenoxy) is 1. The van der Waals surface area contributed by atoms with Crippen molar-refractivity contribution >= 4 is 27.6 Å². The van der Waals surface area contributed by atoms with Crippen molar-refractivity contribution in [3.8, 4) is 5.88 Å². The third-order valence-corrected chi connectivity index (χ3v) is 3.77. The van der Waals surface area contributed by atoms with Gasteiger partial charge in [0.25, 0.3) is 10.0 Å². The minimum absolute atomic E-state index is 0.0633. The lowest BCUT2D eigenvalue weighted by molar-refractivity contribution is 0.397. The average Bonchev–Trinajstić information content (AvgIpc) is 2.87. The van der Waals surface area contributed by atoms with Crippen LogP contribution >= 0.6 is 11.6 Å². The van der Waals surface area contributed by atoms with Gasteiger partial charge in [-0.3, -0.25) is 0 Å². The first-order valence-electron chi connectivity index (χ1n) is 5.60. The van der Waals surface area contributed by atoms with E-state index in [4.69, 9.17) is 16.3 Å². The molecule has 0 radical (unpaired) electrons. The smallest absolute Gasteiger partial charge is 0.281 e. The Morgan fingerprint density at radius 1 is 1.45 bits per heavy atom. The fourth-order valence-corrected chi connectivity index (χ4v) is 2.44. The highest BCUT2D eigenvalue weighted by Crippen LogP contribution is 2.18. The van der Waals surface area contributed by atoms with Gasteiger partial charge in [-0.05, 0) is 0 Å². The van der Waals surface area contributed by atoms with Gasteiger partial charge >= 0.3 is 0 Å². The van der Waals surface area contributed by atoms with Crippen molar-refractivity contribution in [2.24, 2.45) is 0 Å². The highest BCUT2D eigenvalue weighted by atomic mass is 35.5. The molecule has 0 bridgehead atoms. The molecule has 0 aromatic carbocycles. The molecule has 2 aromatic rings. The van der Waals surface area contributed by atoms with Gasteiger partial charge in [0.05, 0.1) is 13.3 Å². The summed E-state index contributed by atoms with van der Waals surface area (Å²) in [5.41, 5.74) is 0. The predicted molar refractivity (Wildman–Crippen MR) is 72.4 cm³/mol. The van der Waals surface area contributed by atoms with Gasteiger partial charge in [-0.15, -0.1) is 0 Å². The van der Waals surface area contributed by atoms with Crippen LogP contribution in [0.25, 0.3) is 0 Å². The van der Waals surface area contributed by atoms with Crippen molar-refractivity contribution in [2.75, 3.05) is 11.8 Å². The number of aromatic amines is 1. The van der Waals surface area contributed by atoms with Crippen molar-refractivity contribution in [1.82, 2.24) is 19.9 Å². The van der Waals surface area contributed by atoms with Crippen molar-refractivity contribution in [3.05, 3.63) is 23.2 Å². The van der Waals surface area contributed by atoms with Gasteiger partial charge in [-0.2, -0.15) is 13.4 Å². The fraction of sp³-hybridized carbons (Fsp3) is 0.300. The Balaban J connectivity index is 2.30. The van der Waals surface area contributed by atoms with Crippen molar-refractivity contribution in [3.63, 3.8) is 0 Å². The lowest BCUT2D eigenvalue weighted by Gasteiger charge is -2.06. The van der Waals surface area contributed by atoms with E-state index in [0.29, 0.717) is 12.2 Å². The summed E-state index contributed by atoms with van der Waals surface area (Å²) in [6.45, 7) is 1.85. The molecule has 2 heterocycles. The Bertz CT molecular complexity index is 715. The van der Waals surface area contributed by atoms with Gasteiger partial charge in [-0.25, -0.2) is 14.7 Å². The first kappa shape index (κ1) is 14.5. The third-order valence-electron chi connectivity index (χ3n) is 2.34. The number of halogens is 1. The molecule has 0 aliphatic heterocycles. The number of imidazole rings is 1. The van der Waals surface area contributed by atoms with Crippen LogP contribution in [0, 0.1) is 0 Å². The Hall–Kier alpha value is -1.87. The van der Waals surface area contributed by atoms with Gasteiger partial charge in [0, 0.05) is 12.5 Å². The summed E-state index contributed by atoms with van der Waals surface area (Å²) in [4.78, 5) is 14.2. The molecule has 0 spiro atoms. The van der Waals surface area contributed by atoms with E-state index in [-0.39, 0.29) is 22.0 Å². The molecule has 2 rings (SSSR count). The molecule has 0 saturated heterocycles. The average molecular weight is 318 g/mol. The molecule has 0 aliphatic carbocycles. The number of nitrogens with one attached hydrogen (secondary N) is 2. The van der Waals surface area contributed by atoms with Gasteiger partial charge in [0.2, 0.25) is 11.8 Å². The number of sulfonamides is 1. The molecule has 0 unspecified atom stereocenters. The second-order valence-electron chi connectivity index (χ2n) is 3.71. The van der Waals surface area contributed by atoms with Gasteiger partial charge in [0.1, 0.15) is 11.0 Å². The topological polar surface area (TPSA) is 110 Å². The number of aromatic nitrogens is 4. The Kier molecular flexibility index (Phi) is 4.09. The summed E-state index contributed by atoms with van der Waals surface area (Å²) in [5.74, 6) is 0.540. The normalized spacial score (nSPS) is 11.3. The quantitative estimate of drug-likeness (QED) is 0.802. The fourth-order valence-electron chi connectivity index (χ4n) is 1.38. The van der Waals surface area contributed by atoms with Gasteiger partial charge < -0.3 is 9.72 Å². The number of nitrogens with zero attached hydrogens (tertiary/aromatic N) is 3. The number of hydrogen-bond donors (Lipinski definition) is 2. The molecule has 10 heteroatoms. The molecule has 0 aliphatic rings. The largest absolute Gasteiger partial charge is 0.481 e. The van der Waals surface area contributed by atoms with E-state index in [2.05, 4.69) is 24.7 Å². The Labute approximate surface area is 120 Å². The zero-order valence-electron chi connectivity index (χ0n) is 10.7. The molecular weight excluding hydrogens is 306 g/mol. The van der Waals surface area contributed by atoms with Crippen LogP contribution < -0.4 is 9.46 Å². The molecule has 20 heavy (non-hydrogen) atoms. The highest BCUT2D eigenvalue weighted by molar-refractivity contribution is 7.92. The molecule has 0 atom stereocenters. The summed E-state index contributed by atoms with van der Waals surface area (Å²) in [6, 6.07) is 1.37. The van der Waals surface area contributed by atoms with Crippen LogP contribution in [0.5, 0.6) is 5.88 Å². The molecule has 108 valence electrons. The number of rotatable bonds is 5. The summed E-state index contributed by atoms with van der Waals surface area (Å²) in [5, 5.41) is -0.00898. The zero-order chi connectivity index (χ0) is 14.8. The van der Waals surface area contributed by atoms with Crippen LogP contribution in [0.4, 0.5) is 5.95 Å². The van der Waals surface area contributed by atoms with E-state index in [0.717, 1.165) is 0 Å². The van der Waals surface area contributed by atoms with Crippen LogP contribution in [-0.2, 0) is 16.4 Å². The van der Waals surface area contributed by atoms with Crippen LogP contribution in [0.1, 0.15) is 12.7 Å². The lowest BCUT2D eigenvalue weighted by atomic mass is 10.5. The van der Waals surface area contributed by atoms with E-state index in [9.17, 15) is 8.42 Å². The second kappa shape index (κ2) is 5.63. The number of aryl methyl sites for hydroxylation is 1. The van der Waals surface area contributed by atoms with E-state index in [1.54, 1.807) is 0 Å². The molecule has 0 amide bonds. The number of anilines is 1. The maximum absolute atomic E-state index is 12.1. The molecule has 0 saturated carbocycles. The van der Waals surface area contributed by atoms with Crippen LogP contribution in [-0.4, -0.2) is 35.5 Å². The standard InChI is InChI=1S/C10H12ClN5O3S/c1-3-7-12-5-9(14-7)20(17,18)16-10-13-6(11)4-8(15-10)19-2/h4-5H,3H2,1-2H3,(H,12,14)(H,13,15,16). The summed E-state index contributed by atoms with van der Waals surface area (Å²) >= 11 is 5.74. The molecule has 2 aromatic heterocycles. The van der Waals surface area contributed by atoms with Crippen molar-refractivity contribution in [1.29, 1.82) is 0 Å². The first-order chi connectivity index (χ1) is 9.44. The summed E-state index contributed by atoms with van der Waals surface area (Å²) in [6.07, 6.45) is 1.82.